The van der Waals surface area contributed by atoms with Crippen molar-refractivity contribution in [2.24, 2.45) is 0 Å². The van der Waals surface area contributed by atoms with E-state index in [2.05, 4.69) is 20.2 Å². The maximum Gasteiger partial charge on any atom is 0.321 e. The fraction of sp³-hybridized carbons (Fsp3) is 0.450. The molecule has 154 valence electrons. The van der Waals surface area contributed by atoms with Crippen LogP contribution in [0.4, 0.5) is 10.7 Å². The number of H-pyrrole nitrogens is 1. The molecule has 0 aliphatic carbocycles. The topological polar surface area (TPSA) is 99.8 Å². The quantitative estimate of drug-likeness (QED) is 0.813. The van der Waals surface area contributed by atoms with Gasteiger partial charge in [0.05, 0.1) is 25.1 Å². The molecular weight excluding hydrogens is 374 g/mol. The maximum absolute atomic E-state index is 12.8. The third-order valence-electron chi connectivity index (χ3n) is 5.61. The van der Waals surface area contributed by atoms with E-state index in [9.17, 15) is 9.59 Å². The summed E-state index contributed by atoms with van der Waals surface area (Å²) in [6.45, 7) is 3.79. The average Bonchev–Trinajstić information content (AvgIpc) is 2.73. The molecule has 9 heteroatoms. The van der Waals surface area contributed by atoms with Crippen molar-refractivity contribution in [3.8, 4) is 11.5 Å². The number of hydrogen-bond donors (Lipinski definition) is 2. The Balaban J connectivity index is 1.60. The molecule has 2 aromatic rings. The summed E-state index contributed by atoms with van der Waals surface area (Å²) in [6, 6.07) is 1.85. The molecule has 0 saturated carbocycles. The number of rotatable bonds is 4. The molecule has 0 unspecified atom stereocenters. The smallest absolute Gasteiger partial charge is 0.321 e. The Labute approximate surface area is 168 Å². The Morgan fingerprint density at radius 1 is 1.17 bits per heavy atom. The first-order valence-corrected chi connectivity index (χ1v) is 9.67. The summed E-state index contributed by atoms with van der Waals surface area (Å²) in [5, 5.41) is 3.33. The molecule has 4 rings (SSSR count). The van der Waals surface area contributed by atoms with Gasteiger partial charge < -0.3 is 24.7 Å². The number of aromatic amines is 1. The van der Waals surface area contributed by atoms with Crippen LogP contribution in [-0.4, -0.2) is 60.8 Å². The molecule has 0 bridgehead atoms. The van der Waals surface area contributed by atoms with Crippen LogP contribution < -0.4 is 25.2 Å². The SMILES string of the molecule is COc1cc2[nH]c(N3CCC(N4C=CCNC4=O)CC3)nc(=O)c2c(C)c1OC. The Bertz CT molecular complexity index is 1020. The molecule has 1 saturated heterocycles. The molecule has 29 heavy (non-hydrogen) atoms. The first kappa shape index (κ1) is 19.1. The largest absolute Gasteiger partial charge is 0.493 e. The second-order valence-electron chi connectivity index (χ2n) is 7.22. The van der Waals surface area contributed by atoms with E-state index in [1.54, 1.807) is 25.2 Å². The van der Waals surface area contributed by atoms with Crippen molar-refractivity contribution < 1.29 is 14.3 Å². The number of nitrogens with one attached hydrogen (secondary N) is 2. The number of aromatic nitrogens is 2. The van der Waals surface area contributed by atoms with Crippen molar-refractivity contribution in [2.45, 2.75) is 25.8 Å². The fourth-order valence-corrected chi connectivity index (χ4v) is 4.11. The van der Waals surface area contributed by atoms with Crippen molar-refractivity contribution in [3.05, 3.63) is 34.3 Å². The minimum absolute atomic E-state index is 0.0558. The third-order valence-corrected chi connectivity index (χ3v) is 5.61. The molecule has 0 atom stereocenters. The Hall–Kier alpha value is -3.23. The van der Waals surface area contributed by atoms with E-state index in [1.807, 2.05) is 19.2 Å². The molecule has 2 amide bonds. The van der Waals surface area contributed by atoms with E-state index in [4.69, 9.17) is 9.47 Å². The number of anilines is 1. The average molecular weight is 399 g/mol. The van der Waals surface area contributed by atoms with Crippen LogP contribution in [0, 0.1) is 6.92 Å². The summed E-state index contributed by atoms with van der Waals surface area (Å²) < 4.78 is 10.8. The zero-order valence-electron chi connectivity index (χ0n) is 16.8. The number of carbonyl (C=O) groups is 1. The summed E-state index contributed by atoms with van der Waals surface area (Å²) >= 11 is 0. The highest BCUT2D eigenvalue weighted by Crippen LogP contribution is 2.35. The molecular formula is C20H25N5O4. The fourth-order valence-electron chi connectivity index (χ4n) is 4.11. The van der Waals surface area contributed by atoms with Gasteiger partial charge in [-0.15, -0.1) is 0 Å². The first-order valence-electron chi connectivity index (χ1n) is 9.67. The summed E-state index contributed by atoms with van der Waals surface area (Å²) in [5.74, 6) is 1.63. The van der Waals surface area contributed by atoms with Crippen LogP contribution in [-0.2, 0) is 0 Å². The van der Waals surface area contributed by atoms with E-state index in [0.717, 1.165) is 12.8 Å². The van der Waals surface area contributed by atoms with E-state index >= 15 is 0 Å². The Kier molecular flexibility index (Phi) is 5.04. The number of piperidine rings is 1. The van der Waals surface area contributed by atoms with Crippen LogP contribution in [0.3, 0.4) is 0 Å². The number of nitrogens with zero attached hydrogens (tertiary/aromatic N) is 3. The van der Waals surface area contributed by atoms with Gasteiger partial charge in [0.1, 0.15) is 0 Å². The van der Waals surface area contributed by atoms with Crippen LogP contribution in [0.1, 0.15) is 18.4 Å². The highest BCUT2D eigenvalue weighted by Gasteiger charge is 2.29. The second-order valence-corrected chi connectivity index (χ2v) is 7.22. The van der Waals surface area contributed by atoms with Crippen molar-refractivity contribution in [2.75, 3.05) is 38.8 Å². The number of benzene rings is 1. The minimum Gasteiger partial charge on any atom is -0.493 e. The number of methoxy groups -OCH3 is 2. The maximum atomic E-state index is 12.8. The van der Waals surface area contributed by atoms with Crippen molar-refractivity contribution in [1.82, 2.24) is 20.2 Å². The summed E-state index contributed by atoms with van der Waals surface area (Å²) in [6.07, 6.45) is 5.40. The number of hydrogen-bond acceptors (Lipinski definition) is 6. The summed E-state index contributed by atoms with van der Waals surface area (Å²) in [5.41, 5.74) is 1.06. The summed E-state index contributed by atoms with van der Waals surface area (Å²) in [7, 11) is 3.12. The van der Waals surface area contributed by atoms with E-state index in [1.165, 1.54) is 0 Å². The normalized spacial score (nSPS) is 17.6. The van der Waals surface area contributed by atoms with Crippen LogP contribution in [0.5, 0.6) is 11.5 Å². The van der Waals surface area contributed by atoms with Crippen LogP contribution >= 0.6 is 0 Å². The van der Waals surface area contributed by atoms with Gasteiger partial charge in [0.15, 0.2) is 11.5 Å². The first-order chi connectivity index (χ1) is 14.0. The zero-order valence-corrected chi connectivity index (χ0v) is 16.8. The molecule has 1 fully saturated rings. The molecule has 2 aliphatic rings. The Morgan fingerprint density at radius 3 is 2.59 bits per heavy atom. The Morgan fingerprint density at radius 2 is 1.93 bits per heavy atom. The number of amides is 2. The lowest BCUT2D eigenvalue weighted by molar-refractivity contribution is 0.188. The van der Waals surface area contributed by atoms with Gasteiger partial charge in [-0.1, -0.05) is 0 Å². The molecule has 1 aromatic heterocycles. The van der Waals surface area contributed by atoms with Gasteiger partial charge in [0.2, 0.25) is 5.95 Å². The molecule has 3 heterocycles. The standard InChI is InChI=1S/C20H25N5O4/c1-12-16-14(11-15(28-2)17(12)29-3)22-19(23-18(16)26)24-9-5-13(6-10-24)25-8-4-7-21-20(25)27/h4,8,11,13H,5-7,9-10H2,1-3H3,(H,21,27)(H,22,23,26). The van der Waals surface area contributed by atoms with Gasteiger partial charge in [-0.2, -0.15) is 4.98 Å². The number of fused-ring (bicyclic) bond motifs is 1. The lowest BCUT2D eigenvalue weighted by atomic mass is 10.0. The number of aryl methyl sites for hydroxylation is 1. The minimum atomic E-state index is -0.298. The van der Waals surface area contributed by atoms with E-state index in [-0.39, 0.29) is 17.6 Å². The highest BCUT2D eigenvalue weighted by atomic mass is 16.5. The van der Waals surface area contributed by atoms with E-state index in [0.29, 0.717) is 53.5 Å². The zero-order chi connectivity index (χ0) is 20.5. The number of carbonyl (C=O) groups excluding carboxylic acids is 1. The predicted octanol–water partition coefficient (Wildman–Crippen LogP) is 1.76. The summed E-state index contributed by atoms with van der Waals surface area (Å²) in [4.78, 5) is 36.2. The molecule has 2 aliphatic heterocycles. The molecule has 0 spiro atoms. The number of urea groups is 1. The van der Waals surface area contributed by atoms with Gasteiger partial charge in [0, 0.05) is 43.5 Å². The van der Waals surface area contributed by atoms with Crippen molar-refractivity contribution in [3.63, 3.8) is 0 Å². The molecule has 2 N–H and O–H groups in total. The third kappa shape index (κ3) is 3.37. The van der Waals surface area contributed by atoms with E-state index < -0.39 is 0 Å². The van der Waals surface area contributed by atoms with Gasteiger partial charge in [0.25, 0.3) is 5.56 Å². The molecule has 9 nitrogen and oxygen atoms in total. The second kappa shape index (κ2) is 7.65. The monoisotopic (exact) mass is 399 g/mol. The van der Waals surface area contributed by atoms with Gasteiger partial charge in [-0.05, 0) is 25.8 Å². The lowest BCUT2D eigenvalue weighted by Gasteiger charge is -2.38. The van der Waals surface area contributed by atoms with Crippen LogP contribution in [0.2, 0.25) is 0 Å². The molecule has 0 radical (unpaired) electrons. The van der Waals surface area contributed by atoms with Crippen molar-refractivity contribution >= 4 is 22.9 Å². The molecule has 1 aromatic carbocycles. The van der Waals surface area contributed by atoms with Gasteiger partial charge in [-0.25, -0.2) is 4.79 Å². The lowest BCUT2D eigenvalue weighted by Crippen LogP contribution is -2.50. The number of ether oxygens (including phenoxy) is 2. The van der Waals surface area contributed by atoms with Crippen LogP contribution in [0.25, 0.3) is 10.9 Å². The van der Waals surface area contributed by atoms with Gasteiger partial charge >= 0.3 is 6.03 Å². The van der Waals surface area contributed by atoms with Gasteiger partial charge in [-0.3, -0.25) is 9.69 Å². The highest BCUT2D eigenvalue weighted by molar-refractivity contribution is 5.86. The van der Waals surface area contributed by atoms with Crippen LogP contribution in [0.15, 0.2) is 23.1 Å². The predicted molar refractivity (Wildman–Crippen MR) is 110 cm³/mol. The van der Waals surface area contributed by atoms with Crippen molar-refractivity contribution in [1.29, 1.82) is 0 Å².